The Morgan fingerprint density at radius 1 is 1.50 bits per heavy atom. The monoisotopic (exact) mass is 296 g/mol. The van der Waals surface area contributed by atoms with Crippen LogP contribution in [0.1, 0.15) is 43.0 Å². The van der Waals surface area contributed by atoms with Gasteiger partial charge in [0.15, 0.2) is 0 Å². The summed E-state index contributed by atoms with van der Waals surface area (Å²) >= 11 is 5.77. The number of benzene rings is 1. The van der Waals surface area contributed by atoms with E-state index in [0.717, 1.165) is 25.7 Å². The zero-order valence-corrected chi connectivity index (χ0v) is 12.1. The number of hydrogen-bond acceptors (Lipinski definition) is 3. The topological polar surface area (TPSA) is 63.5 Å². The van der Waals surface area contributed by atoms with E-state index in [1.165, 1.54) is 12.1 Å². The summed E-state index contributed by atoms with van der Waals surface area (Å²) in [5.74, 6) is -0.138. The van der Waals surface area contributed by atoms with Crippen LogP contribution in [-0.4, -0.2) is 28.3 Å². The van der Waals surface area contributed by atoms with Gasteiger partial charge in [-0.1, -0.05) is 24.9 Å². The number of amides is 1. The fourth-order valence-corrected chi connectivity index (χ4v) is 2.30. The molecule has 0 aliphatic heterocycles. The predicted molar refractivity (Wildman–Crippen MR) is 77.1 cm³/mol. The Hall–Kier alpha value is -1.62. The molecule has 1 aliphatic carbocycles. The highest BCUT2D eigenvalue weighted by Gasteiger charge is 2.33. The molecule has 20 heavy (non-hydrogen) atoms. The summed E-state index contributed by atoms with van der Waals surface area (Å²) in [6.07, 6.45) is 3.99. The normalized spacial score (nSPS) is 14.1. The highest BCUT2D eigenvalue weighted by Crippen LogP contribution is 2.30. The fraction of sp³-hybridized carbons (Fsp3) is 0.500. The third kappa shape index (κ3) is 3.28. The van der Waals surface area contributed by atoms with E-state index in [2.05, 4.69) is 6.92 Å². The summed E-state index contributed by atoms with van der Waals surface area (Å²) in [5, 5.41) is 10.9. The number of halogens is 1. The van der Waals surface area contributed by atoms with Gasteiger partial charge in [-0.25, -0.2) is 0 Å². The maximum atomic E-state index is 12.5. The van der Waals surface area contributed by atoms with Crippen LogP contribution < -0.4 is 0 Å². The average molecular weight is 297 g/mol. The molecule has 0 atom stereocenters. The molecule has 0 radical (unpaired) electrons. The zero-order chi connectivity index (χ0) is 14.7. The lowest BCUT2D eigenvalue weighted by Gasteiger charge is -2.22. The molecule has 108 valence electrons. The van der Waals surface area contributed by atoms with E-state index in [9.17, 15) is 14.9 Å². The van der Waals surface area contributed by atoms with Gasteiger partial charge in [0.1, 0.15) is 5.02 Å². The van der Waals surface area contributed by atoms with Gasteiger partial charge in [-0.15, -0.1) is 0 Å². The molecule has 1 aliphatic rings. The van der Waals surface area contributed by atoms with Crippen LogP contribution in [0, 0.1) is 10.1 Å². The SMILES string of the molecule is CCCCN(C(=O)c1ccc(Cl)c([N+](=O)[O-])c1)C1CC1. The Morgan fingerprint density at radius 3 is 2.75 bits per heavy atom. The molecular weight excluding hydrogens is 280 g/mol. The van der Waals surface area contributed by atoms with Crippen LogP contribution in [0.5, 0.6) is 0 Å². The van der Waals surface area contributed by atoms with Gasteiger partial charge in [-0.05, 0) is 31.4 Å². The summed E-state index contributed by atoms with van der Waals surface area (Å²) in [6, 6.07) is 4.53. The van der Waals surface area contributed by atoms with Gasteiger partial charge in [-0.2, -0.15) is 0 Å². The van der Waals surface area contributed by atoms with E-state index in [1.807, 2.05) is 4.90 Å². The smallest absolute Gasteiger partial charge is 0.288 e. The maximum Gasteiger partial charge on any atom is 0.288 e. The summed E-state index contributed by atoms with van der Waals surface area (Å²) in [6.45, 7) is 2.78. The van der Waals surface area contributed by atoms with Crippen molar-refractivity contribution >= 4 is 23.2 Å². The predicted octanol–water partition coefficient (Wildman–Crippen LogP) is 3.65. The van der Waals surface area contributed by atoms with Crippen LogP contribution in [0.15, 0.2) is 18.2 Å². The molecular formula is C14H17ClN2O3. The minimum Gasteiger partial charge on any atom is -0.336 e. The summed E-state index contributed by atoms with van der Waals surface area (Å²) in [4.78, 5) is 24.6. The van der Waals surface area contributed by atoms with E-state index in [-0.39, 0.29) is 16.6 Å². The van der Waals surface area contributed by atoms with Gasteiger partial charge in [-0.3, -0.25) is 14.9 Å². The van der Waals surface area contributed by atoms with Gasteiger partial charge >= 0.3 is 0 Å². The van der Waals surface area contributed by atoms with Crippen molar-refractivity contribution in [3.63, 3.8) is 0 Å². The van der Waals surface area contributed by atoms with E-state index in [1.54, 1.807) is 6.07 Å². The number of carbonyl (C=O) groups excluding carboxylic acids is 1. The first-order valence-corrected chi connectivity index (χ1v) is 7.17. The molecule has 1 amide bonds. The minimum absolute atomic E-state index is 0.0538. The molecule has 1 aromatic carbocycles. The van der Waals surface area contributed by atoms with Crippen molar-refractivity contribution in [2.45, 2.75) is 38.6 Å². The molecule has 1 fully saturated rings. The lowest BCUT2D eigenvalue weighted by molar-refractivity contribution is -0.384. The Bertz CT molecular complexity index is 529. The standard InChI is InChI=1S/C14H17ClN2O3/c1-2-3-8-16(11-5-6-11)14(18)10-4-7-12(15)13(9-10)17(19)20/h4,7,9,11H,2-3,5-6,8H2,1H3. The number of nitrogens with zero attached hydrogens (tertiary/aromatic N) is 2. The van der Waals surface area contributed by atoms with Gasteiger partial charge < -0.3 is 4.90 Å². The Kier molecular flexibility index (Phi) is 4.60. The first kappa shape index (κ1) is 14.8. The molecule has 0 bridgehead atoms. The second-order valence-electron chi connectivity index (χ2n) is 5.01. The third-order valence-electron chi connectivity index (χ3n) is 3.39. The van der Waals surface area contributed by atoms with Crippen molar-refractivity contribution in [1.29, 1.82) is 0 Å². The number of rotatable bonds is 6. The summed E-state index contributed by atoms with van der Waals surface area (Å²) < 4.78 is 0. The molecule has 2 rings (SSSR count). The first-order valence-electron chi connectivity index (χ1n) is 6.79. The van der Waals surface area contributed by atoms with Crippen molar-refractivity contribution in [1.82, 2.24) is 4.90 Å². The fourth-order valence-electron chi connectivity index (χ4n) is 2.12. The molecule has 1 saturated carbocycles. The summed E-state index contributed by atoms with van der Waals surface area (Å²) in [7, 11) is 0. The quantitative estimate of drug-likeness (QED) is 0.594. The number of nitro benzene ring substituents is 1. The molecule has 0 spiro atoms. The Balaban J connectivity index is 2.22. The number of carbonyl (C=O) groups is 1. The average Bonchev–Trinajstić information content (AvgIpc) is 3.23. The van der Waals surface area contributed by atoms with E-state index < -0.39 is 4.92 Å². The molecule has 5 nitrogen and oxygen atoms in total. The largest absolute Gasteiger partial charge is 0.336 e. The number of unbranched alkanes of at least 4 members (excludes halogenated alkanes) is 1. The van der Waals surface area contributed by atoms with Crippen LogP contribution in [0.4, 0.5) is 5.69 Å². The molecule has 0 heterocycles. The first-order chi connectivity index (χ1) is 9.54. The van der Waals surface area contributed by atoms with E-state index in [4.69, 9.17) is 11.6 Å². The molecule has 0 unspecified atom stereocenters. The number of nitro groups is 1. The second-order valence-corrected chi connectivity index (χ2v) is 5.41. The lowest BCUT2D eigenvalue weighted by Crippen LogP contribution is -2.34. The van der Waals surface area contributed by atoms with Gasteiger partial charge in [0, 0.05) is 24.2 Å². The molecule has 1 aromatic rings. The highest BCUT2D eigenvalue weighted by molar-refractivity contribution is 6.32. The van der Waals surface area contributed by atoms with Crippen molar-refractivity contribution in [2.75, 3.05) is 6.54 Å². The van der Waals surface area contributed by atoms with Crippen LogP contribution in [0.3, 0.4) is 0 Å². The zero-order valence-electron chi connectivity index (χ0n) is 11.3. The molecule has 0 aromatic heterocycles. The molecule has 0 saturated heterocycles. The van der Waals surface area contributed by atoms with E-state index in [0.29, 0.717) is 18.2 Å². The van der Waals surface area contributed by atoms with Crippen molar-refractivity contribution in [2.24, 2.45) is 0 Å². The van der Waals surface area contributed by atoms with Crippen LogP contribution >= 0.6 is 11.6 Å². The van der Waals surface area contributed by atoms with Gasteiger partial charge in [0.25, 0.3) is 11.6 Å². The summed E-state index contributed by atoms with van der Waals surface area (Å²) in [5.41, 5.74) is 0.118. The van der Waals surface area contributed by atoms with Gasteiger partial charge in [0.2, 0.25) is 0 Å². The second kappa shape index (κ2) is 6.22. The number of hydrogen-bond donors (Lipinski definition) is 0. The van der Waals surface area contributed by atoms with Crippen LogP contribution in [0.25, 0.3) is 0 Å². The highest BCUT2D eigenvalue weighted by atomic mass is 35.5. The van der Waals surface area contributed by atoms with Gasteiger partial charge in [0.05, 0.1) is 4.92 Å². The van der Waals surface area contributed by atoms with Crippen LogP contribution in [-0.2, 0) is 0 Å². The van der Waals surface area contributed by atoms with Crippen molar-refractivity contribution in [3.8, 4) is 0 Å². The maximum absolute atomic E-state index is 12.5. The molecule has 6 heteroatoms. The van der Waals surface area contributed by atoms with Crippen molar-refractivity contribution in [3.05, 3.63) is 38.9 Å². The van der Waals surface area contributed by atoms with E-state index >= 15 is 0 Å². The minimum atomic E-state index is -0.563. The third-order valence-corrected chi connectivity index (χ3v) is 3.71. The Labute approximate surface area is 122 Å². The van der Waals surface area contributed by atoms with Crippen molar-refractivity contribution < 1.29 is 9.72 Å². The Morgan fingerprint density at radius 2 is 2.20 bits per heavy atom. The van der Waals surface area contributed by atoms with Crippen LogP contribution in [0.2, 0.25) is 5.02 Å². The molecule has 0 N–H and O–H groups in total. The lowest BCUT2D eigenvalue weighted by atomic mass is 10.1.